The molecule has 6 heterocycles. The van der Waals surface area contributed by atoms with Gasteiger partial charge in [-0.3, -0.25) is 28.5 Å². The van der Waals surface area contributed by atoms with Crippen molar-refractivity contribution >= 4 is 75.9 Å². The molecule has 4 amide bonds. The molecule has 352 valence electrons. The number of nitrogens with zero attached hydrogens (tertiary/aromatic N) is 9. The molecule has 18 heteroatoms. The van der Waals surface area contributed by atoms with Crippen molar-refractivity contribution in [2.75, 3.05) is 30.7 Å². The van der Waals surface area contributed by atoms with Crippen LogP contribution in [0.3, 0.4) is 0 Å². The summed E-state index contributed by atoms with van der Waals surface area (Å²) in [5, 5.41) is 19.3. The van der Waals surface area contributed by atoms with Crippen LogP contribution in [-0.4, -0.2) is 95.5 Å². The van der Waals surface area contributed by atoms with Gasteiger partial charge in [0.2, 0.25) is 0 Å². The Kier molecular flexibility index (Phi) is 14.3. The van der Waals surface area contributed by atoms with Gasteiger partial charge in [-0.1, -0.05) is 57.8 Å². The van der Waals surface area contributed by atoms with Crippen molar-refractivity contribution in [2.24, 2.45) is 17.6 Å². The number of nitrogens with one attached hydrogen (secondary N) is 1. The summed E-state index contributed by atoms with van der Waals surface area (Å²) in [6.45, 7) is 21.3. The van der Waals surface area contributed by atoms with E-state index in [0.29, 0.717) is 54.1 Å². The predicted octanol–water partition coefficient (Wildman–Crippen LogP) is 7.60. The Morgan fingerprint density at radius 3 is 1.82 bits per heavy atom. The van der Waals surface area contributed by atoms with Gasteiger partial charge < -0.3 is 31.3 Å². The minimum absolute atomic E-state index is 0.116. The van der Waals surface area contributed by atoms with Gasteiger partial charge in [-0.05, 0) is 94.5 Å². The van der Waals surface area contributed by atoms with Crippen molar-refractivity contribution < 1.29 is 23.9 Å². The molecule has 4 unspecified atom stereocenters. The average molecular weight is 919 g/mol. The Balaban J connectivity index is 0.000000228. The van der Waals surface area contributed by atoms with Crippen LogP contribution in [0.1, 0.15) is 103 Å². The van der Waals surface area contributed by atoms with E-state index in [2.05, 4.69) is 81.7 Å². The highest BCUT2D eigenvalue weighted by Gasteiger charge is 2.36. The Morgan fingerprint density at radius 2 is 1.32 bits per heavy atom. The monoisotopic (exact) mass is 919 g/mol. The molecule has 0 bridgehead atoms. The van der Waals surface area contributed by atoms with Crippen molar-refractivity contribution in [1.82, 2.24) is 44.1 Å². The minimum Gasteiger partial charge on any atom is -0.383 e. The molecule has 66 heavy (non-hydrogen) atoms. The maximum atomic E-state index is 13.7. The molecule has 17 nitrogen and oxygen atoms in total. The van der Waals surface area contributed by atoms with Crippen LogP contribution in [0.15, 0.2) is 61.2 Å². The van der Waals surface area contributed by atoms with E-state index in [-0.39, 0.29) is 30.8 Å². The topological polar surface area (TPSA) is 214 Å². The first-order valence-electron chi connectivity index (χ1n) is 23.2. The van der Waals surface area contributed by atoms with E-state index < -0.39 is 31.7 Å². The molecular formula is C48H66N12O5Si. The Hall–Kier alpha value is -6.14. The lowest BCUT2D eigenvalue weighted by Crippen LogP contribution is -2.46. The lowest BCUT2D eigenvalue weighted by atomic mass is 9.89. The van der Waals surface area contributed by atoms with E-state index >= 15 is 0 Å². The van der Waals surface area contributed by atoms with Crippen LogP contribution in [-0.2, 0) is 30.6 Å². The van der Waals surface area contributed by atoms with Crippen LogP contribution in [0.2, 0.25) is 25.7 Å². The highest BCUT2D eigenvalue weighted by atomic mass is 28.3. The van der Waals surface area contributed by atoms with E-state index in [1.54, 1.807) is 20.7 Å². The summed E-state index contributed by atoms with van der Waals surface area (Å²) in [6, 6.07) is 13.4. The normalized spacial score (nSPS) is 19.1. The summed E-state index contributed by atoms with van der Waals surface area (Å²) >= 11 is 0. The first-order chi connectivity index (χ1) is 31.3. The Bertz CT molecular complexity index is 2730. The third-order valence-corrected chi connectivity index (χ3v) is 14.4. The second-order valence-corrected chi connectivity index (χ2v) is 25.6. The SMILES string of the molecule is CC1CCC(c2ccc3cn(C(C)C)nc3c2)N(C(=O)C(=O)Nc2cnc(N)c3cnn(COCC[Si](C)(C)C)c23)C1.CC1CCC(c2ccc3cn(C(C)C)nc3c2)N(C(=O)C(N)=O)C1. The number of benzene rings is 2. The third kappa shape index (κ3) is 10.8. The molecular weight excluding hydrogens is 853 g/mol. The van der Waals surface area contributed by atoms with Gasteiger partial charge in [0, 0.05) is 63.0 Å². The molecule has 0 radical (unpaired) electrons. The fourth-order valence-corrected chi connectivity index (χ4v) is 9.54. The second-order valence-electron chi connectivity index (χ2n) is 20.0. The number of piperidine rings is 2. The maximum absolute atomic E-state index is 13.7. The molecule has 6 aromatic rings. The summed E-state index contributed by atoms with van der Waals surface area (Å²) in [6.07, 6.45) is 10.7. The summed E-state index contributed by atoms with van der Waals surface area (Å²) in [5.41, 5.74) is 16.1. The van der Waals surface area contributed by atoms with Gasteiger partial charge in [0.25, 0.3) is 0 Å². The molecule has 0 spiro atoms. The number of carbonyl (C=O) groups is 4. The fraction of sp³-hybridized carbons (Fsp3) is 0.500. The lowest BCUT2D eigenvalue weighted by Gasteiger charge is -2.38. The fourth-order valence-electron chi connectivity index (χ4n) is 8.78. The van der Waals surface area contributed by atoms with Crippen molar-refractivity contribution in [2.45, 2.75) is 124 Å². The van der Waals surface area contributed by atoms with Gasteiger partial charge in [0.1, 0.15) is 12.5 Å². The molecule has 4 aromatic heterocycles. The number of rotatable bonds is 10. The molecule has 4 atom stereocenters. The summed E-state index contributed by atoms with van der Waals surface area (Å²) in [4.78, 5) is 58.4. The highest BCUT2D eigenvalue weighted by molar-refractivity contribution is 6.76. The van der Waals surface area contributed by atoms with Crippen LogP contribution in [0.4, 0.5) is 11.5 Å². The van der Waals surface area contributed by atoms with Gasteiger partial charge in [0.15, 0.2) is 0 Å². The maximum Gasteiger partial charge on any atom is 0.314 e. The molecule has 2 aromatic carbocycles. The van der Waals surface area contributed by atoms with E-state index in [4.69, 9.17) is 21.3 Å². The number of fused-ring (bicyclic) bond motifs is 3. The molecule has 5 N–H and O–H groups in total. The molecule has 2 saturated heterocycles. The van der Waals surface area contributed by atoms with Gasteiger partial charge in [0.05, 0.1) is 52.1 Å². The number of anilines is 2. The number of primary amides is 1. The number of likely N-dealkylation sites (tertiary alicyclic amines) is 2. The van der Waals surface area contributed by atoms with E-state index in [0.717, 1.165) is 64.7 Å². The average Bonchev–Trinajstić information content (AvgIpc) is 4.03. The second kappa shape index (κ2) is 19.8. The first kappa shape index (κ1) is 47.8. The molecule has 2 aliphatic heterocycles. The van der Waals surface area contributed by atoms with Gasteiger partial charge >= 0.3 is 23.6 Å². The summed E-state index contributed by atoms with van der Waals surface area (Å²) < 4.78 is 11.4. The zero-order valence-electron chi connectivity index (χ0n) is 39.8. The van der Waals surface area contributed by atoms with Crippen LogP contribution >= 0.6 is 0 Å². The smallest absolute Gasteiger partial charge is 0.314 e. The van der Waals surface area contributed by atoms with Gasteiger partial charge in [-0.15, -0.1) is 0 Å². The van der Waals surface area contributed by atoms with Crippen LogP contribution in [0, 0.1) is 11.8 Å². The quantitative estimate of drug-likeness (QED) is 0.0695. The number of ether oxygens (including phenoxy) is 1. The number of nitrogen functional groups attached to an aromatic ring is 1. The zero-order valence-corrected chi connectivity index (χ0v) is 40.8. The van der Waals surface area contributed by atoms with E-state index in [1.807, 2.05) is 58.2 Å². The third-order valence-electron chi connectivity index (χ3n) is 12.6. The Morgan fingerprint density at radius 1 is 0.788 bits per heavy atom. The minimum atomic E-state index is -1.24. The molecule has 0 saturated carbocycles. The number of amides is 4. The number of hydrogen-bond acceptors (Lipinski definition) is 10. The molecule has 8 rings (SSSR count). The van der Waals surface area contributed by atoms with Crippen LogP contribution in [0.25, 0.3) is 32.7 Å². The van der Waals surface area contributed by atoms with Crippen LogP contribution in [0.5, 0.6) is 0 Å². The van der Waals surface area contributed by atoms with Gasteiger partial charge in [-0.2, -0.15) is 15.3 Å². The van der Waals surface area contributed by atoms with Crippen molar-refractivity contribution in [1.29, 1.82) is 0 Å². The van der Waals surface area contributed by atoms with Crippen molar-refractivity contribution in [3.8, 4) is 0 Å². The zero-order chi connectivity index (χ0) is 47.6. The Labute approximate surface area is 387 Å². The van der Waals surface area contributed by atoms with Crippen molar-refractivity contribution in [3.05, 3.63) is 72.3 Å². The largest absolute Gasteiger partial charge is 0.383 e. The van der Waals surface area contributed by atoms with Crippen LogP contribution < -0.4 is 16.8 Å². The number of carbonyl (C=O) groups excluding carboxylic acids is 4. The molecule has 0 aliphatic carbocycles. The predicted molar refractivity (Wildman–Crippen MR) is 260 cm³/mol. The number of hydrogen-bond donors (Lipinski definition) is 3. The van der Waals surface area contributed by atoms with Gasteiger partial charge in [-0.25, -0.2) is 9.67 Å². The summed E-state index contributed by atoms with van der Waals surface area (Å²) in [5.74, 6) is -1.85. The first-order valence-corrected chi connectivity index (χ1v) is 26.9. The number of nitrogens with two attached hydrogens (primary N) is 2. The molecule has 2 fully saturated rings. The molecule has 2 aliphatic rings. The standard InChI is InChI=1S/C30H42N8O3Si.C18H24N4O2/c1-19(2)37-17-22-9-8-21(13-24(22)35-37)26-10-7-20(3)16-36(26)30(40)29(39)34-25-15-32-28(31)23-14-33-38(27(23)25)18-41-11-12-42(4,5)6;1-11(2)22-10-14-6-5-13(8-15(14)20-22)16-7-4-12(3)9-21(16)18(24)17(19)23/h8-9,13-15,17,19-20,26H,7,10-12,16,18H2,1-6H3,(H2,31,32)(H,34,39);5-6,8,10-12,16H,4,7,9H2,1-3H3,(H2,19,23). The summed E-state index contributed by atoms with van der Waals surface area (Å²) in [7, 11) is -1.24. The van der Waals surface area contributed by atoms with E-state index in [1.165, 1.54) is 6.20 Å². The number of pyridine rings is 1. The van der Waals surface area contributed by atoms with Crippen molar-refractivity contribution in [3.63, 3.8) is 0 Å². The highest BCUT2D eigenvalue weighted by Crippen LogP contribution is 2.37. The lowest BCUT2D eigenvalue weighted by molar-refractivity contribution is -0.147. The van der Waals surface area contributed by atoms with E-state index in [9.17, 15) is 19.2 Å². The number of aromatic nitrogens is 7.